The van der Waals surface area contributed by atoms with Gasteiger partial charge in [-0.3, -0.25) is 14.9 Å². The molecule has 0 spiro atoms. The van der Waals surface area contributed by atoms with E-state index < -0.39 is 18.0 Å². The van der Waals surface area contributed by atoms with Crippen molar-refractivity contribution in [3.8, 4) is 0 Å². The van der Waals surface area contributed by atoms with Gasteiger partial charge in [-0.2, -0.15) is 0 Å². The van der Waals surface area contributed by atoms with Crippen molar-refractivity contribution >= 4 is 29.5 Å². The predicted octanol–water partition coefficient (Wildman–Crippen LogP) is -0.350. The number of carbonyl (C=O) groups is 3. The molecule has 3 aliphatic heterocycles. The molecule has 3 heterocycles. The van der Waals surface area contributed by atoms with Crippen molar-refractivity contribution in [1.29, 1.82) is 0 Å². The van der Waals surface area contributed by atoms with Gasteiger partial charge in [-0.05, 0) is 13.3 Å². The lowest BCUT2D eigenvalue weighted by atomic mass is 9.79. The van der Waals surface area contributed by atoms with Gasteiger partial charge in [0, 0.05) is 24.9 Å². The number of likely N-dealkylation sites (N-methyl/N-ethyl adjacent to an activating group) is 1. The van der Waals surface area contributed by atoms with Crippen LogP contribution in [0.15, 0.2) is 10.6 Å². The molecule has 9 heteroatoms. The number of aliphatic hydroxyl groups excluding tert-OH is 1. The Hall–Kier alpha value is -1.58. The van der Waals surface area contributed by atoms with Crippen molar-refractivity contribution < 1.29 is 24.6 Å². The second kappa shape index (κ2) is 6.30. The predicted molar refractivity (Wildman–Crippen MR) is 91.2 cm³/mol. The Morgan fingerprint density at radius 3 is 2.48 bits per heavy atom. The van der Waals surface area contributed by atoms with Gasteiger partial charge < -0.3 is 20.0 Å². The summed E-state index contributed by atoms with van der Waals surface area (Å²) < 4.78 is 0. The summed E-state index contributed by atoms with van der Waals surface area (Å²) in [6, 6.07) is -0.553. The molecule has 0 saturated carbocycles. The number of nitrogens with one attached hydrogen (secondary N) is 1. The quantitative estimate of drug-likeness (QED) is 0.568. The number of thioether (sulfide) groups is 1. The smallest absolute Gasteiger partial charge is 0.353 e. The maximum absolute atomic E-state index is 12.3. The molecule has 25 heavy (non-hydrogen) atoms. The number of aliphatic carboxylic acids is 1. The van der Waals surface area contributed by atoms with Gasteiger partial charge in [0.05, 0.1) is 29.5 Å². The first kappa shape index (κ1) is 18.2. The minimum absolute atomic E-state index is 0.00285. The number of hydrogen-bond donors (Lipinski definition) is 3. The normalized spacial score (nSPS) is 35.0. The van der Waals surface area contributed by atoms with E-state index in [9.17, 15) is 24.6 Å². The number of carboxylic acids is 1. The molecule has 0 radical (unpaired) electrons. The molecule has 0 aromatic carbocycles. The van der Waals surface area contributed by atoms with Crippen LogP contribution in [0.4, 0.5) is 0 Å². The van der Waals surface area contributed by atoms with Crippen LogP contribution in [0.2, 0.25) is 0 Å². The maximum Gasteiger partial charge on any atom is 0.353 e. The van der Waals surface area contributed by atoms with Crippen molar-refractivity contribution in [2.24, 2.45) is 11.8 Å². The molecular formula is C16H23N3O5S. The van der Waals surface area contributed by atoms with Crippen LogP contribution in [0, 0.1) is 11.8 Å². The first-order valence-electron chi connectivity index (χ1n) is 8.27. The van der Waals surface area contributed by atoms with Crippen LogP contribution in [-0.2, 0) is 14.4 Å². The van der Waals surface area contributed by atoms with Gasteiger partial charge in [0.15, 0.2) is 0 Å². The molecule has 138 valence electrons. The number of amides is 2. The third-order valence-electron chi connectivity index (χ3n) is 5.16. The summed E-state index contributed by atoms with van der Waals surface area (Å²) in [4.78, 5) is 39.3. The highest BCUT2D eigenvalue weighted by Gasteiger charge is 2.60. The number of β-lactam (4-membered cyclic amide) rings is 1. The lowest BCUT2D eigenvalue weighted by Crippen LogP contribution is -2.63. The minimum Gasteiger partial charge on any atom is -0.477 e. The average molecular weight is 369 g/mol. The molecule has 2 fully saturated rings. The Morgan fingerprint density at radius 2 is 2.00 bits per heavy atom. The standard InChI is InChI=1S/C16H23N3O5S/c1-6-11-10(7(2)20)15(22)19(11)12(16(23)24)13(6)25-9-5-8(17-9)14(21)18(3)4/h6-11,17,20H,5H2,1-4H3,(H,23,24)/t6-,7-,8+,9+,10-,11-/m1/s1. The minimum atomic E-state index is -1.13. The number of aliphatic hydroxyl groups is 1. The second-order valence-electron chi connectivity index (χ2n) is 7.07. The Balaban J connectivity index is 1.74. The summed E-state index contributed by atoms with van der Waals surface area (Å²) in [7, 11) is 3.39. The van der Waals surface area contributed by atoms with E-state index in [1.165, 1.54) is 21.6 Å². The zero-order chi connectivity index (χ0) is 18.6. The average Bonchev–Trinajstić information content (AvgIpc) is 2.70. The van der Waals surface area contributed by atoms with Crippen LogP contribution < -0.4 is 5.32 Å². The lowest BCUT2D eigenvalue weighted by molar-refractivity contribution is -0.163. The van der Waals surface area contributed by atoms with Crippen molar-refractivity contribution in [3.63, 3.8) is 0 Å². The maximum atomic E-state index is 12.3. The van der Waals surface area contributed by atoms with Gasteiger partial charge in [-0.1, -0.05) is 6.92 Å². The van der Waals surface area contributed by atoms with Gasteiger partial charge in [0.25, 0.3) is 0 Å². The first-order chi connectivity index (χ1) is 11.6. The zero-order valence-corrected chi connectivity index (χ0v) is 15.4. The van der Waals surface area contributed by atoms with Crippen LogP contribution in [0.3, 0.4) is 0 Å². The summed E-state index contributed by atoms with van der Waals surface area (Å²) in [6.07, 6.45) is -0.192. The number of hydrogen-bond acceptors (Lipinski definition) is 6. The van der Waals surface area contributed by atoms with Gasteiger partial charge >= 0.3 is 5.97 Å². The molecule has 8 nitrogen and oxygen atoms in total. The highest BCUT2D eigenvalue weighted by molar-refractivity contribution is 8.03. The molecule has 3 aliphatic rings. The summed E-state index contributed by atoms with van der Waals surface area (Å²) in [5.41, 5.74) is 0.0218. The third-order valence-corrected chi connectivity index (χ3v) is 6.59. The number of rotatable bonds is 5. The van der Waals surface area contributed by atoms with Crippen molar-refractivity contribution in [1.82, 2.24) is 15.1 Å². The SMILES string of the molecule is C[C@@H](O)[C@H]1C(=O)N2C(C(=O)O)=C(S[C@H]3C[C@@H](C(=O)N(C)C)N3)[C@H](C)[C@H]12. The topological polar surface area (TPSA) is 110 Å². The lowest BCUT2D eigenvalue weighted by Gasteiger charge is -2.46. The number of nitrogens with zero attached hydrogens (tertiary/aromatic N) is 2. The molecule has 0 bridgehead atoms. The van der Waals surface area contributed by atoms with Gasteiger partial charge in [-0.25, -0.2) is 4.79 Å². The van der Waals surface area contributed by atoms with Crippen LogP contribution >= 0.6 is 11.8 Å². The summed E-state index contributed by atoms with van der Waals surface area (Å²) in [6.45, 7) is 3.45. The molecule has 6 atom stereocenters. The molecule has 0 aliphatic carbocycles. The molecule has 0 unspecified atom stereocenters. The van der Waals surface area contributed by atoms with E-state index in [0.717, 1.165) is 0 Å². The number of fused-ring (bicyclic) bond motifs is 1. The number of carbonyl (C=O) groups excluding carboxylic acids is 2. The van der Waals surface area contributed by atoms with Crippen LogP contribution in [-0.4, -0.2) is 75.5 Å². The van der Waals surface area contributed by atoms with Crippen molar-refractivity contribution in [3.05, 3.63) is 10.6 Å². The number of carboxylic acid groups (broad SMARTS) is 1. The van der Waals surface area contributed by atoms with Crippen LogP contribution in [0.25, 0.3) is 0 Å². The third kappa shape index (κ3) is 2.74. The highest BCUT2D eigenvalue weighted by atomic mass is 32.2. The van der Waals surface area contributed by atoms with E-state index in [1.54, 1.807) is 21.0 Å². The van der Waals surface area contributed by atoms with Crippen molar-refractivity contribution in [2.75, 3.05) is 14.1 Å². The largest absolute Gasteiger partial charge is 0.477 e. The van der Waals surface area contributed by atoms with Crippen molar-refractivity contribution in [2.45, 2.75) is 43.8 Å². The summed E-state index contributed by atoms with van der Waals surface area (Å²) in [5, 5.41) is 22.5. The Morgan fingerprint density at radius 1 is 1.40 bits per heavy atom. The molecule has 2 saturated heterocycles. The van der Waals surface area contributed by atoms with E-state index in [4.69, 9.17) is 0 Å². The van der Waals surface area contributed by atoms with E-state index in [2.05, 4.69) is 5.32 Å². The Bertz CT molecular complexity index is 656. The van der Waals surface area contributed by atoms with Crippen LogP contribution in [0.5, 0.6) is 0 Å². The van der Waals surface area contributed by atoms with Gasteiger partial charge in [0.2, 0.25) is 11.8 Å². The second-order valence-corrected chi connectivity index (χ2v) is 8.31. The van der Waals surface area contributed by atoms with Gasteiger partial charge in [-0.15, -0.1) is 11.8 Å². The fourth-order valence-corrected chi connectivity index (χ4v) is 5.29. The fourth-order valence-electron chi connectivity index (χ4n) is 3.81. The Labute approximate surface area is 150 Å². The zero-order valence-electron chi connectivity index (χ0n) is 14.6. The monoisotopic (exact) mass is 369 g/mol. The molecule has 2 amide bonds. The summed E-state index contributed by atoms with van der Waals surface area (Å²) >= 11 is 1.38. The molecule has 3 N–H and O–H groups in total. The molecule has 0 aromatic heterocycles. The molecular weight excluding hydrogens is 346 g/mol. The molecule has 0 aromatic rings. The van der Waals surface area contributed by atoms with E-state index in [-0.39, 0.29) is 40.9 Å². The van der Waals surface area contributed by atoms with E-state index >= 15 is 0 Å². The first-order valence-corrected chi connectivity index (χ1v) is 9.15. The van der Waals surface area contributed by atoms with Crippen LogP contribution in [0.1, 0.15) is 20.3 Å². The Kier molecular flexibility index (Phi) is 4.59. The highest BCUT2D eigenvalue weighted by Crippen LogP contribution is 2.51. The fraction of sp³-hybridized carbons (Fsp3) is 0.688. The van der Waals surface area contributed by atoms with E-state index in [0.29, 0.717) is 11.3 Å². The van der Waals surface area contributed by atoms with E-state index in [1.807, 2.05) is 6.92 Å². The molecule has 3 rings (SSSR count). The van der Waals surface area contributed by atoms with Gasteiger partial charge in [0.1, 0.15) is 5.70 Å². The summed E-state index contributed by atoms with van der Waals surface area (Å²) in [5.74, 6) is -2.17.